The summed E-state index contributed by atoms with van der Waals surface area (Å²) < 4.78 is 5.28. The van der Waals surface area contributed by atoms with Crippen LogP contribution in [0.1, 0.15) is 17.0 Å². The Morgan fingerprint density at radius 2 is 2.15 bits per heavy atom. The molecule has 0 amide bonds. The molecule has 1 fully saturated rings. The first-order chi connectivity index (χ1) is 6.33. The summed E-state index contributed by atoms with van der Waals surface area (Å²) in [5, 5.41) is 3.28. The molecule has 0 atom stereocenters. The predicted molar refractivity (Wildman–Crippen MR) is 53.3 cm³/mol. The van der Waals surface area contributed by atoms with E-state index in [-0.39, 0.29) is 0 Å². The lowest BCUT2D eigenvalue weighted by Crippen LogP contribution is -2.40. The highest BCUT2D eigenvalue weighted by Crippen LogP contribution is 2.28. The first kappa shape index (κ1) is 8.57. The number of benzene rings is 1. The standard InChI is InChI=1S/C11H15NO/c1-8-10(9-6-12-7-9)4-3-5-11(8)13-2/h3-5,9,12H,6-7H2,1-2H3. The van der Waals surface area contributed by atoms with Crippen LogP contribution in [-0.4, -0.2) is 20.2 Å². The first-order valence-electron chi connectivity index (χ1n) is 4.67. The van der Waals surface area contributed by atoms with Gasteiger partial charge in [0.05, 0.1) is 7.11 Å². The summed E-state index contributed by atoms with van der Waals surface area (Å²) in [4.78, 5) is 0. The minimum Gasteiger partial charge on any atom is -0.496 e. The van der Waals surface area contributed by atoms with Crippen molar-refractivity contribution in [3.8, 4) is 5.75 Å². The highest BCUT2D eigenvalue weighted by Gasteiger charge is 2.21. The van der Waals surface area contributed by atoms with Crippen LogP contribution in [0.2, 0.25) is 0 Å². The lowest BCUT2D eigenvalue weighted by Gasteiger charge is -2.29. The predicted octanol–water partition coefficient (Wildman–Crippen LogP) is 1.69. The van der Waals surface area contributed by atoms with Gasteiger partial charge < -0.3 is 10.1 Å². The third-order valence-electron chi connectivity index (χ3n) is 2.77. The number of hydrogen-bond donors (Lipinski definition) is 1. The Morgan fingerprint density at radius 3 is 2.69 bits per heavy atom. The molecular weight excluding hydrogens is 162 g/mol. The molecule has 0 aromatic heterocycles. The van der Waals surface area contributed by atoms with Crippen LogP contribution < -0.4 is 10.1 Å². The summed E-state index contributed by atoms with van der Waals surface area (Å²) in [6.45, 7) is 4.34. The molecule has 70 valence electrons. The average molecular weight is 177 g/mol. The quantitative estimate of drug-likeness (QED) is 0.742. The number of methoxy groups -OCH3 is 1. The van der Waals surface area contributed by atoms with Gasteiger partial charge in [-0.3, -0.25) is 0 Å². The number of hydrogen-bond acceptors (Lipinski definition) is 2. The van der Waals surface area contributed by atoms with Gasteiger partial charge in [-0.1, -0.05) is 12.1 Å². The van der Waals surface area contributed by atoms with Gasteiger partial charge >= 0.3 is 0 Å². The highest BCUT2D eigenvalue weighted by molar-refractivity contribution is 5.42. The van der Waals surface area contributed by atoms with Crippen LogP contribution in [0, 0.1) is 6.92 Å². The van der Waals surface area contributed by atoms with Crippen LogP contribution in [0.15, 0.2) is 18.2 Å². The maximum Gasteiger partial charge on any atom is 0.122 e. The molecule has 1 N–H and O–H groups in total. The van der Waals surface area contributed by atoms with Crippen molar-refractivity contribution in [2.75, 3.05) is 20.2 Å². The smallest absolute Gasteiger partial charge is 0.122 e. The summed E-state index contributed by atoms with van der Waals surface area (Å²) in [6, 6.07) is 6.29. The van der Waals surface area contributed by atoms with Crippen LogP contribution >= 0.6 is 0 Å². The Labute approximate surface area is 78.9 Å². The van der Waals surface area contributed by atoms with Crippen molar-refractivity contribution in [3.05, 3.63) is 29.3 Å². The molecule has 1 heterocycles. The highest BCUT2D eigenvalue weighted by atomic mass is 16.5. The van der Waals surface area contributed by atoms with Crippen LogP contribution in [0.25, 0.3) is 0 Å². The van der Waals surface area contributed by atoms with Crippen molar-refractivity contribution in [1.82, 2.24) is 5.32 Å². The van der Waals surface area contributed by atoms with E-state index < -0.39 is 0 Å². The van der Waals surface area contributed by atoms with Gasteiger partial charge in [0.2, 0.25) is 0 Å². The maximum absolute atomic E-state index is 5.28. The topological polar surface area (TPSA) is 21.3 Å². The largest absolute Gasteiger partial charge is 0.496 e. The fraction of sp³-hybridized carbons (Fsp3) is 0.455. The molecule has 2 rings (SSSR count). The molecule has 0 aliphatic carbocycles. The monoisotopic (exact) mass is 177 g/mol. The molecular formula is C11H15NO. The molecule has 2 heteroatoms. The second kappa shape index (κ2) is 3.38. The van der Waals surface area contributed by atoms with Gasteiger partial charge in [-0.05, 0) is 24.1 Å². The maximum atomic E-state index is 5.28. The number of rotatable bonds is 2. The van der Waals surface area contributed by atoms with E-state index in [0.717, 1.165) is 18.8 Å². The molecule has 1 aliphatic rings. The normalized spacial score (nSPS) is 16.8. The van der Waals surface area contributed by atoms with Crippen molar-refractivity contribution >= 4 is 0 Å². The fourth-order valence-electron chi connectivity index (χ4n) is 1.80. The molecule has 1 aliphatic heterocycles. The summed E-state index contributed by atoms with van der Waals surface area (Å²) in [5.74, 6) is 1.69. The van der Waals surface area contributed by atoms with Crippen molar-refractivity contribution in [2.24, 2.45) is 0 Å². The number of nitrogens with one attached hydrogen (secondary N) is 1. The van der Waals surface area contributed by atoms with Crippen LogP contribution in [0.3, 0.4) is 0 Å². The fourth-order valence-corrected chi connectivity index (χ4v) is 1.80. The molecule has 1 saturated heterocycles. The van der Waals surface area contributed by atoms with Crippen LogP contribution in [0.5, 0.6) is 5.75 Å². The Balaban J connectivity index is 2.33. The summed E-state index contributed by atoms with van der Waals surface area (Å²) in [6.07, 6.45) is 0. The van der Waals surface area contributed by atoms with Crippen molar-refractivity contribution in [2.45, 2.75) is 12.8 Å². The second-order valence-corrected chi connectivity index (χ2v) is 3.53. The summed E-state index contributed by atoms with van der Waals surface area (Å²) in [7, 11) is 1.73. The Morgan fingerprint density at radius 1 is 1.38 bits per heavy atom. The van der Waals surface area contributed by atoms with Crippen molar-refractivity contribution in [1.29, 1.82) is 0 Å². The molecule has 0 radical (unpaired) electrons. The van der Waals surface area contributed by atoms with E-state index in [1.807, 2.05) is 6.07 Å². The van der Waals surface area contributed by atoms with E-state index in [2.05, 4.69) is 24.4 Å². The zero-order valence-corrected chi connectivity index (χ0v) is 8.13. The van der Waals surface area contributed by atoms with E-state index in [9.17, 15) is 0 Å². The van der Waals surface area contributed by atoms with Crippen LogP contribution in [-0.2, 0) is 0 Å². The van der Waals surface area contributed by atoms with Gasteiger partial charge in [0.25, 0.3) is 0 Å². The zero-order valence-electron chi connectivity index (χ0n) is 8.13. The zero-order chi connectivity index (χ0) is 9.26. The lowest BCUT2D eigenvalue weighted by molar-refractivity contribution is 0.405. The van der Waals surface area contributed by atoms with E-state index >= 15 is 0 Å². The van der Waals surface area contributed by atoms with E-state index in [0.29, 0.717) is 5.92 Å². The van der Waals surface area contributed by atoms with Gasteiger partial charge in [-0.15, -0.1) is 0 Å². The third kappa shape index (κ3) is 1.42. The summed E-state index contributed by atoms with van der Waals surface area (Å²) >= 11 is 0. The van der Waals surface area contributed by atoms with Gasteiger partial charge in [-0.2, -0.15) is 0 Å². The van der Waals surface area contributed by atoms with Gasteiger partial charge in [0.15, 0.2) is 0 Å². The molecule has 0 saturated carbocycles. The van der Waals surface area contributed by atoms with Crippen LogP contribution in [0.4, 0.5) is 0 Å². The molecule has 0 bridgehead atoms. The molecule has 2 nitrogen and oxygen atoms in total. The number of ether oxygens (including phenoxy) is 1. The molecule has 1 aromatic rings. The average Bonchev–Trinajstić information content (AvgIpc) is 2.05. The molecule has 0 spiro atoms. The SMILES string of the molecule is COc1cccc(C2CNC2)c1C. The van der Waals surface area contributed by atoms with Crippen molar-refractivity contribution in [3.63, 3.8) is 0 Å². The molecule has 13 heavy (non-hydrogen) atoms. The Bertz CT molecular complexity index is 305. The van der Waals surface area contributed by atoms with Crippen molar-refractivity contribution < 1.29 is 4.74 Å². The lowest BCUT2D eigenvalue weighted by atomic mass is 9.90. The van der Waals surface area contributed by atoms with E-state index in [1.54, 1.807) is 7.11 Å². The second-order valence-electron chi connectivity index (χ2n) is 3.53. The molecule has 1 aromatic carbocycles. The van der Waals surface area contributed by atoms with Gasteiger partial charge in [-0.25, -0.2) is 0 Å². The van der Waals surface area contributed by atoms with E-state index in [4.69, 9.17) is 4.74 Å². The van der Waals surface area contributed by atoms with E-state index in [1.165, 1.54) is 11.1 Å². The first-order valence-corrected chi connectivity index (χ1v) is 4.67. The Hall–Kier alpha value is -1.02. The van der Waals surface area contributed by atoms with Gasteiger partial charge in [0.1, 0.15) is 5.75 Å². The third-order valence-corrected chi connectivity index (χ3v) is 2.77. The minimum atomic E-state index is 0.690. The van der Waals surface area contributed by atoms with Gasteiger partial charge in [0, 0.05) is 19.0 Å². The summed E-state index contributed by atoms with van der Waals surface area (Å²) in [5.41, 5.74) is 2.72. The Kier molecular flexibility index (Phi) is 2.23. The minimum absolute atomic E-state index is 0.690. The molecule has 0 unspecified atom stereocenters.